The number of nitrogens with zero attached hydrogens (tertiary/aromatic N) is 2. The number of carbonyl (C=O) groups excluding carboxylic acids is 1. The molecule has 2 aromatic carbocycles. The second kappa shape index (κ2) is 8.99. The van der Waals surface area contributed by atoms with E-state index in [1.54, 1.807) is 18.2 Å². The first kappa shape index (κ1) is 19.4. The number of hydrogen-bond acceptors (Lipinski definition) is 5. The number of benzene rings is 2. The third kappa shape index (κ3) is 5.07. The van der Waals surface area contributed by atoms with E-state index < -0.39 is 0 Å². The molecule has 0 saturated carbocycles. The molecular formula is C22H24N4O2. The molecule has 1 heterocycles. The van der Waals surface area contributed by atoms with Crippen LogP contribution in [0.15, 0.2) is 54.6 Å². The van der Waals surface area contributed by atoms with Crippen LogP contribution in [0.4, 0.5) is 11.6 Å². The molecule has 6 nitrogen and oxygen atoms in total. The van der Waals surface area contributed by atoms with Crippen LogP contribution in [0, 0.1) is 13.8 Å². The Bertz CT molecular complexity index is 955. The van der Waals surface area contributed by atoms with E-state index in [0.29, 0.717) is 30.5 Å². The molecule has 0 spiro atoms. The highest BCUT2D eigenvalue weighted by Gasteiger charge is 2.11. The maximum Gasteiger partial charge on any atom is 0.274 e. The average molecular weight is 376 g/mol. The maximum absolute atomic E-state index is 12.6. The summed E-state index contributed by atoms with van der Waals surface area (Å²) in [5.74, 6) is 0.912. The van der Waals surface area contributed by atoms with Gasteiger partial charge in [0, 0.05) is 17.9 Å². The standard InChI is InChI=1S/C22H24N4O2/c1-4-28-19-11-9-18(10-12-19)25-21(27)20-13-16(3)24-22(26-20)23-14-17-8-6-5-7-15(17)2/h5-13H,4,14H2,1-3H3,(H,25,27)(H,23,24,26). The van der Waals surface area contributed by atoms with Gasteiger partial charge in [0.15, 0.2) is 0 Å². The molecule has 0 bridgehead atoms. The van der Waals surface area contributed by atoms with Crippen molar-refractivity contribution in [2.75, 3.05) is 17.2 Å². The predicted octanol–water partition coefficient (Wildman–Crippen LogP) is 4.36. The van der Waals surface area contributed by atoms with Crippen LogP contribution in [0.3, 0.4) is 0 Å². The number of ether oxygens (including phenoxy) is 1. The highest BCUT2D eigenvalue weighted by atomic mass is 16.5. The largest absolute Gasteiger partial charge is 0.494 e. The minimum absolute atomic E-state index is 0.284. The van der Waals surface area contributed by atoms with E-state index in [1.807, 2.05) is 38.1 Å². The number of nitrogens with one attached hydrogen (secondary N) is 2. The summed E-state index contributed by atoms with van der Waals surface area (Å²) in [5, 5.41) is 6.06. The molecule has 0 fully saturated rings. The van der Waals surface area contributed by atoms with Gasteiger partial charge in [-0.25, -0.2) is 9.97 Å². The summed E-state index contributed by atoms with van der Waals surface area (Å²) in [7, 11) is 0. The van der Waals surface area contributed by atoms with Crippen LogP contribution in [-0.4, -0.2) is 22.5 Å². The molecule has 3 rings (SSSR count). The van der Waals surface area contributed by atoms with Crippen molar-refractivity contribution in [1.82, 2.24) is 9.97 Å². The van der Waals surface area contributed by atoms with Gasteiger partial charge in [-0.3, -0.25) is 4.79 Å². The minimum Gasteiger partial charge on any atom is -0.494 e. The first-order valence-electron chi connectivity index (χ1n) is 9.23. The Balaban J connectivity index is 1.69. The predicted molar refractivity (Wildman–Crippen MR) is 111 cm³/mol. The quantitative estimate of drug-likeness (QED) is 0.641. The number of aromatic nitrogens is 2. The van der Waals surface area contributed by atoms with E-state index in [1.165, 1.54) is 5.56 Å². The van der Waals surface area contributed by atoms with Crippen molar-refractivity contribution in [3.8, 4) is 5.75 Å². The van der Waals surface area contributed by atoms with Gasteiger partial charge in [-0.1, -0.05) is 24.3 Å². The van der Waals surface area contributed by atoms with E-state index in [9.17, 15) is 4.79 Å². The molecular weight excluding hydrogens is 352 g/mol. The number of carbonyl (C=O) groups is 1. The van der Waals surface area contributed by atoms with Gasteiger partial charge in [0.1, 0.15) is 11.4 Å². The number of anilines is 2. The van der Waals surface area contributed by atoms with Crippen LogP contribution >= 0.6 is 0 Å². The molecule has 0 aliphatic carbocycles. The molecule has 28 heavy (non-hydrogen) atoms. The van der Waals surface area contributed by atoms with E-state index in [-0.39, 0.29) is 5.91 Å². The van der Waals surface area contributed by atoms with Crippen LogP contribution in [0.1, 0.15) is 34.2 Å². The number of hydrogen-bond donors (Lipinski definition) is 2. The molecule has 0 atom stereocenters. The number of amides is 1. The van der Waals surface area contributed by atoms with Crippen LogP contribution < -0.4 is 15.4 Å². The molecule has 0 unspecified atom stereocenters. The number of rotatable bonds is 7. The summed E-state index contributed by atoms with van der Waals surface area (Å²) >= 11 is 0. The van der Waals surface area contributed by atoms with Gasteiger partial charge in [-0.15, -0.1) is 0 Å². The molecule has 0 saturated heterocycles. The summed E-state index contributed by atoms with van der Waals surface area (Å²) in [5.41, 5.74) is 4.07. The van der Waals surface area contributed by atoms with E-state index >= 15 is 0 Å². The zero-order chi connectivity index (χ0) is 19.9. The maximum atomic E-state index is 12.6. The van der Waals surface area contributed by atoms with Gasteiger partial charge in [-0.2, -0.15) is 0 Å². The lowest BCUT2D eigenvalue weighted by molar-refractivity contribution is 0.102. The zero-order valence-corrected chi connectivity index (χ0v) is 16.3. The Kier molecular flexibility index (Phi) is 6.22. The smallest absolute Gasteiger partial charge is 0.274 e. The molecule has 1 aromatic heterocycles. The Morgan fingerprint density at radius 3 is 2.50 bits per heavy atom. The second-order valence-electron chi connectivity index (χ2n) is 6.41. The SMILES string of the molecule is CCOc1ccc(NC(=O)c2cc(C)nc(NCc3ccccc3C)n2)cc1. The summed E-state index contributed by atoms with van der Waals surface area (Å²) in [6, 6.07) is 17.0. The van der Waals surface area contributed by atoms with Crippen LogP contribution in [0.25, 0.3) is 0 Å². The van der Waals surface area contributed by atoms with Crippen molar-refractivity contribution in [2.45, 2.75) is 27.3 Å². The van der Waals surface area contributed by atoms with E-state index in [0.717, 1.165) is 17.0 Å². The monoisotopic (exact) mass is 376 g/mol. The molecule has 0 aliphatic heterocycles. The molecule has 0 aliphatic rings. The zero-order valence-electron chi connectivity index (χ0n) is 16.3. The molecule has 1 amide bonds. The van der Waals surface area contributed by atoms with Gasteiger partial charge in [0.05, 0.1) is 6.61 Å². The van der Waals surface area contributed by atoms with Gasteiger partial charge < -0.3 is 15.4 Å². The molecule has 2 N–H and O–H groups in total. The topological polar surface area (TPSA) is 76.1 Å². The van der Waals surface area contributed by atoms with E-state index in [4.69, 9.17) is 4.74 Å². The Morgan fingerprint density at radius 2 is 1.79 bits per heavy atom. The fraction of sp³-hybridized carbons (Fsp3) is 0.227. The van der Waals surface area contributed by atoms with Gasteiger partial charge in [0.25, 0.3) is 5.91 Å². The highest BCUT2D eigenvalue weighted by Crippen LogP contribution is 2.17. The van der Waals surface area contributed by atoms with Crippen molar-refractivity contribution in [2.24, 2.45) is 0 Å². The third-order valence-corrected chi connectivity index (χ3v) is 4.21. The van der Waals surface area contributed by atoms with Gasteiger partial charge >= 0.3 is 0 Å². The molecule has 3 aromatic rings. The average Bonchev–Trinajstić information content (AvgIpc) is 2.69. The van der Waals surface area contributed by atoms with Crippen LogP contribution in [0.2, 0.25) is 0 Å². The van der Waals surface area contributed by atoms with E-state index in [2.05, 4.69) is 39.7 Å². The normalized spacial score (nSPS) is 10.4. The Morgan fingerprint density at radius 1 is 1.04 bits per heavy atom. The minimum atomic E-state index is -0.284. The fourth-order valence-electron chi connectivity index (χ4n) is 2.74. The summed E-state index contributed by atoms with van der Waals surface area (Å²) in [6.07, 6.45) is 0. The fourth-order valence-corrected chi connectivity index (χ4v) is 2.74. The number of aryl methyl sites for hydroxylation is 2. The van der Waals surface area contributed by atoms with Crippen LogP contribution in [0.5, 0.6) is 5.75 Å². The van der Waals surface area contributed by atoms with Gasteiger partial charge in [-0.05, 0) is 62.2 Å². The Labute approximate surface area is 165 Å². The van der Waals surface area contributed by atoms with Crippen molar-refractivity contribution >= 4 is 17.5 Å². The summed E-state index contributed by atoms with van der Waals surface area (Å²) in [6.45, 7) is 7.02. The van der Waals surface area contributed by atoms with Gasteiger partial charge in [0.2, 0.25) is 5.95 Å². The van der Waals surface area contributed by atoms with Crippen LogP contribution in [-0.2, 0) is 6.54 Å². The lowest BCUT2D eigenvalue weighted by Gasteiger charge is -2.10. The molecule has 0 radical (unpaired) electrons. The second-order valence-corrected chi connectivity index (χ2v) is 6.41. The van der Waals surface area contributed by atoms with Crippen molar-refractivity contribution in [3.63, 3.8) is 0 Å². The Hall–Kier alpha value is -3.41. The molecule has 144 valence electrons. The first-order valence-corrected chi connectivity index (χ1v) is 9.23. The molecule has 6 heteroatoms. The first-order chi connectivity index (χ1) is 13.5. The summed E-state index contributed by atoms with van der Waals surface area (Å²) in [4.78, 5) is 21.3. The van der Waals surface area contributed by atoms with Crippen molar-refractivity contribution < 1.29 is 9.53 Å². The lowest BCUT2D eigenvalue weighted by atomic mass is 10.1. The van der Waals surface area contributed by atoms with Crippen molar-refractivity contribution in [3.05, 3.63) is 77.1 Å². The summed E-state index contributed by atoms with van der Waals surface area (Å²) < 4.78 is 5.41. The third-order valence-electron chi connectivity index (χ3n) is 4.21. The van der Waals surface area contributed by atoms with Crippen molar-refractivity contribution in [1.29, 1.82) is 0 Å². The lowest BCUT2D eigenvalue weighted by Crippen LogP contribution is -2.16. The highest BCUT2D eigenvalue weighted by molar-refractivity contribution is 6.03.